The molecule has 0 N–H and O–H groups in total. The Balaban J connectivity index is 1.55. The van der Waals surface area contributed by atoms with Gasteiger partial charge in [-0.3, -0.25) is 0 Å². The van der Waals surface area contributed by atoms with Gasteiger partial charge >= 0.3 is 12.2 Å². The molecule has 194 valence electrons. The van der Waals surface area contributed by atoms with Crippen LogP contribution in [0.5, 0.6) is 0 Å². The number of nitrogens with zero attached hydrogens (tertiary/aromatic N) is 2. The first-order valence-electron chi connectivity index (χ1n) is 12.3. The summed E-state index contributed by atoms with van der Waals surface area (Å²) in [6, 6.07) is 10.2. The fourth-order valence-electron chi connectivity index (χ4n) is 6.15. The Morgan fingerprint density at radius 3 is 2.42 bits per heavy atom. The predicted octanol–water partition coefficient (Wildman–Crippen LogP) is 5.53. The number of amides is 2. The number of hydrogen-bond donors (Lipinski definition) is 0. The standard InChI is InChI=1S/C27H29F5N2O2/c1-25(29,27(30,31)32)20-5-8-22-19(16-20)4-9-23-26(22,17-18-2-6-21(28)7-3-18)10-11-34(23)24(35)33-12-14-36-15-13-33/h2-3,5-8,16,23H,4,9-15,17H2,1H3/t23-,25?,26-/m1/s1. The highest BCUT2D eigenvalue weighted by Crippen LogP contribution is 2.51. The third-order valence-corrected chi connectivity index (χ3v) is 8.18. The van der Waals surface area contributed by atoms with E-state index in [2.05, 4.69) is 0 Å². The zero-order chi connectivity index (χ0) is 25.7. The smallest absolute Gasteiger partial charge is 0.378 e. The van der Waals surface area contributed by atoms with Crippen molar-refractivity contribution in [2.24, 2.45) is 0 Å². The molecule has 2 heterocycles. The van der Waals surface area contributed by atoms with Crippen molar-refractivity contribution >= 4 is 6.03 Å². The summed E-state index contributed by atoms with van der Waals surface area (Å²) < 4.78 is 74.0. The number of alkyl halides is 4. The van der Waals surface area contributed by atoms with Crippen LogP contribution in [-0.4, -0.2) is 60.9 Å². The quantitative estimate of drug-likeness (QED) is 0.511. The second-order valence-electron chi connectivity index (χ2n) is 10.2. The van der Waals surface area contributed by atoms with E-state index in [-0.39, 0.29) is 17.9 Å². The van der Waals surface area contributed by atoms with Gasteiger partial charge in [0.05, 0.1) is 13.2 Å². The summed E-state index contributed by atoms with van der Waals surface area (Å²) in [5, 5.41) is 0. The van der Waals surface area contributed by atoms with Crippen molar-refractivity contribution in [2.75, 3.05) is 32.8 Å². The van der Waals surface area contributed by atoms with Gasteiger partial charge in [-0.2, -0.15) is 13.2 Å². The Labute approximate surface area is 207 Å². The highest BCUT2D eigenvalue weighted by atomic mass is 19.4. The molecule has 0 aromatic heterocycles. The van der Waals surface area contributed by atoms with Gasteiger partial charge in [0.2, 0.25) is 5.67 Å². The topological polar surface area (TPSA) is 32.8 Å². The molecule has 9 heteroatoms. The zero-order valence-electron chi connectivity index (χ0n) is 20.1. The van der Waals surface area contributed by atoms with Crippen LogP contribution in [0.15, 0.2) is 42.5 Å². The first-order chi connectivity index (χ1) is 17.0. The second kappa shape index (κ2) is 9.01. The maximum atomic E-state index is 14.8. The Morgan fingerprint density at radius 1 is 1.06 bits per heavy atom. The molecule has 0 saturated carbocycles. The van der Waals surface area contributed by atoms with Crippen LogP contribution in [0, 0.1) is 5.82 Å². The number of morpholine rings is 1. The van der Waals surface area contributed by atoms with Gasteiger partial charge in [0.15, 0.2) is 0 Å². The number of likely N-dealkylation sites (tertiary alicyclic amines) is 1. The lowest BCUT2D eigenvalue weighted by Gasteiger charge is -2.45. The van der Waals surface area contributed by atoms with Crippen LogP contribution < -0.4 is 0 Å². The van der Waals surface area contributed by atoms with Gasteiger partial charge < -0.3 is 14.5 Å². The molecule has 2 amide bonds. The molecule has 0 spiro atoms. The predicted molar refractivity (Wildman–Crippen MR) is 124 cm³/mol. The Morgan fingerprint density at radius 2 is 1.75 bits per heavy atom. The zero-order valence-corrected chi connectivity index (χ0v) is 20.1. The third kappa shape index (κ3) is 4.15. The highest BCUT2D eigenvalue weighted by Gasteiger charge is 2.56. The van der Waals surface area contributed by atoms with E-state index in [0.717, 1.165) is 11.1 Å². The first kappa shape index (κ1) is 25.0. The van der Waals surface area contributed by atoms with E-state index in [1.807, 2.05) is 4.90 Å². The molecule has 3 aliphatic rings. The molecule has 1 aliphatic carbocycles. The van der Waals surface area contributed by atoms with E-state index in [0.29, 0.717) is 71.0 Å². The van der Waals surface area contributed by atoms with Crippen molar-refractivity contribution in [3.8, 4) is 0 Å². The summed E-state index contributed by atoms with van der Waals surface area (Å²) in [7, 11) is 0. The van der Waals surface area contributed by atoms with E-state index >= 15 is 0 Å². The molecule has 2 saturated heterocycles. The van der Waals surface area contributed by atoms with Crippen molar-refractivity contribution in [3.05, 3.63) is 70.5 Å². The fraction of sp³-hybridized carbons (Fsp3) is 0.519. The number of halogens is 5. The van der Waals surface area contributed by atoms with Crippen molar-refractivity contribution in [1.82, 2.24) is 9.80 Å². The van der Waals surface area contributed by atoms with Crippen molar-refractivity contribution < 1.29 is 31.5 Å². The molecular formula is C27H29F5N2O2. The van der Waals surface area contributed by atoms with Gasteiger partial charge in [0.1, 0.15) is 5.82 Å². The Hall–Kier alpha value is -2.68. The van der Waals surface area contributed by atoms with Crippen molar-refractivity contribution in [3.63, 3.8) is 0 Å². The van der Waals surface area contributed by atoms with Crippen LogP contribution in [-0.2, 0) is 28.7 Å². The molecule has 2 aromatic carbocycles. The van der Waals surface area contributed by atoms with E-state index in [4.69, 9.17) is 4.74 Å². The molecule has 0 bridgehead atoms. The van der Waals surface area contributed by atoms with Crippen molar-refractivity contribution in [1.29, 1.82) is 0 Å². The highest BCUT2D eigenvalue weighted by molar-refractivity contribution is 5.76. The van der Waals surface area contributed by atoms with Gasteiger partial charge in [-0.05, 0) is 67.0 Å². The monoisotopic (exact) mass is 508 g/mol. The lowest BCUT2D eigenvalue weighted by atomic mass is 9.63. The summed E-state index contributed by atoms with van der Waals surface area (Å²) in [5.41, 5.74) is -2.02. The summed E-state index contributed by atoms with van der Waals surface area (Å²) in [6.45, 7) is 3.05. The summed E-state index contributed by atoms with van der Waals surface area (Å²) in [4.78, 5) is 17.1. The number of hydrogen-bond acceptors (Lipinski definition) is 2. The molecule has 3 atom stereocenters. The van der Waals surface area contributed by atoms with Gasteiger partial charge in [-0.15, -0.1) is 0 Å². The maximum Gasteiger partial charge on any atom is 0.426 e. The molecule has 2 aliphatic heterocycles. The summed E-state index contributed by atoms with van der Waals surface area (Å²) in [6.07, 6.45) is -2.91. The number of rotatable bonds is 3. The molecule has 5 rings (SSSR count). The normalized spacial score (nSPS) is 25.8. The number of urea groups is 1. The van der Waals surface area contributed by atoms with Crippen LogP contribution >= 0.6 is 0 Å². The average Bonchev–Trinajstić information content (AvgIpc) is 3.24. The van der Waals surface area contributed by atoms with Gasteiger partial charge in [0.25, 0.3) is 0 Å². The lowest BCUT2D eigenvalue weighted by molar-refractivity contribution is -0.228. The molecule has 2 fully saturated rings. The first-order valence-corrected chi connectivity index (χ1v) is 12.3. The number of benzene rings is 2. The SMILES string of the molecule is CC(F)(c1ccc2c(c1)CC[C@H]1N(C(=O)N3CCOCC3)CC[C@@]21Cc1ccc(F)cc1)C(F)(F)F. The molecule has 0 radical (unpaired) electrons. The largest absolute Gasteiger partial charge is 0.426 e. The number of fused-ring (bicyclic) bond motifs is 3. The van der Waals surface area contributed by atoms with Gasteiger partial charge in [-0.25, -0.2) is 13.6 Å². The van der Waals surface area contributed by atoms with Gasteiger partial charge in [0, 0.05) is 31.1 Å². The number of ether oxygens (including phenoxy) is 1. The third-order valence-electron chi connectivity index (χ3n) is 8.18. The minimum atomic E-state index is -5.03. The summed E-state index contributed by atoms with van der Waals surface area (Å²) >= 11 is 0. The van der Waals surface area contributed by atoms with Crippen LogP contribution in [0.4, 0.5) is 26.7 Å². The number of carbonyl (C=O) groups excluding carboxylic acids is 1. The fourth-order valence-corrected chi connectivity index (χ4v) is 6.15. The molecule has 4 nitrogen and oxygen atoms in total. The Kier molecular flexibility index (Phi) is 6.25. The van der Waals surface area contributed by atoms with Crippen LogP contribution in [0.1, 0.15) is 42.0 Å². The summed E-state index contributed by atoms with van der Waals surface area (Å²) in [5.74, 6) is -0.355. The molecule has 2 aromatic rings. The minimum Gasteiger partial charge on any atom is -0.378 e. The van der Waals surface area contributed by atoms with Crippen LogP contribution in [0.3, 0.4) is 0 Å². The molecule has 36 heavy (non-hydrogen) atoms. The van der Waals surface area contributed by atoms with Crippen molar-refractivity contribution in [2.45, 2.75) is 55.9 Å². The van der Waals surface area contributed by atoms with E-state index in [1.165, 1.54) is 24.3 Å². The van der Waals surface area contributed by atoms with E-state index < -0.39 is 22.8 Å². The number of aryl methyl sites for hydroxylation is 1. The Bertz CT molecular complexity index is 1130. The molecule has 1 unspecified atom stereocenters. The molecular weight excluding hydrogens is 479 g/mol. The maximum absolute atomic E-state index is 14.8. The van der Waals surface area contributed by atoms with Crippen LogP contribution in [0.2, 0.25) is 0 Å². The van der Waals surface area contributed by atoms with Crippen LogP contribution in [0.25, 0.3) is 0 Å². The second-order valence-corrected chi connectivity index (χ2v) is 10.2. The van der Waals surface area contributed by atoms with E-state index in [9.17, 15) is 26.7 Å². The minimum absolute atomic E-state index is 0.0576. The number of carbonyl (C=O) groups is 1. The van der Waals surface area contributed by atoms with Gasteiger partial charge in [-0.1, -0.05) is 30.3 Å². The lowest BCUT2D eigenvalue weighted by Crippen LogP contribution is -2.54. The average molecular weight is 509 g/mol. The van der Waals surface area contributed by atoms with E-state index in [1.54, 1.807) is 23.1 Å².